The van der Waals surface area contributed by atoms with Crippen LogP contribution in [0.3, 0.4) is 0 Å². The van der Waals surface area contributed by atoms with Crippen molar-refractivity contribution in [3.05, 3.63) is 71.3 Å². The third kappa shape index (κ3) is 7.27. The summed E-state index contributed by atoms with van der Waals surface area (Å²) < 4.78 is 51.0. The van der Waals surface area contributed by atoms with Gasteiger partial charge in [-0.2, -0.15) is 13.2 Å². The molecule has 0 spiro atoms. The lowest BCUT2D eigenvalue weighted by atomic mass is 9.78. The zero-order chi connectivity index (χ0) is 25.6. The summed E-state index contributed by atoms with van der Waals surface area (Å²) in [4.78, 5) is 13.3. The van der Waals surface area contributed by atoms with Gasteiger partial charge in [0.2, 0.25) is 0 Å². The number of benzene rings is 2. The van der Waals surface area contributed by atoms with E-state index in [1.54, 1.807) is 0 Å². The molecule has 35 heavy (non-hydrogen) atoms. The molecule has 1 aliphatic carbocycles. The van der Waals surface area contributed by atoms with Crippen LogP contribution in [-0.2, 0) is 33.7 Å². The van der Waals surface area contributed by atoms with Crippen molar-refractivity contribution in [1.29, 1.82) is 0 Å². The van der Waals surface area contributed by atoms with E-state index < -0.39 is 41.6 Å². The van der Waals surface area contributed by atoms with Gasteiger partial charge in [-0.05, 0) is 29.2 Å². The summed E-state index contributed by atoms with van der Waals surface area (Å²) in [7, 11) is 0. The molecule has 1 unspecified atom stereocenters. The van der Waals surface area contributed by atoms with Gasteiger partial charge in [0.1, 0.15) is 6.10 Å². The molecule has 1 fully saturated rings. The highest BCUT2D eigenvalue weighted by Crippen LogP contribution is 2.36. The zero-order valence-electron chi connectivity index (χ0n) is 19.8. The Kier molecular flexibility index (Phi) is 8.93. The van der Waals surface area contributed by atoms with Crippen LogP contribution < -0.4 is 5.32 Å². The van der Waals surface area contributed by atoms with Crippen molar-refractivity contribution < 1.29 is 37.7 Å². The van der Waals surface area contributed by atoms with Crippen LogP contribution in [0.4, 0.5) is 13.2 Å². The van der Waals surface area contributed by atoms with E-state index in [0.717, 1.165) is 17.7 Å². The van der Waals surface area contributed by atoms with Crippen molar-refractivity contribution in [3.8, 4) is 0 Å². The van der Waals surface area contributed by atoms with Crippen molar-refractivity contribution in [2.75, 3.05) is 6.54 Å². The number of amides is 1. The molecule has 3 N–H and O–H groups in total. The standard InChI is InChI=1S/C26H32F3NO5/c1-17(2)14-30-24(33)25(35-16-18-7-4-3-5-8-18)12-21(31)23(32)22(13-25)34-15-19-9-6-10-20(11-19)26(27,28)29/h3-11,17,21-23,31-32H,12-16H2,1-2H3,(H,30,33)/t21-,22?,23-,25+/m1/s1. The third-order valence-corrected chi connectivity index (χ3v) is 6.01. The average Bonchev–Trinajstić information content (AvgIpc) is 2.82. The van der Waals surface area contributed by atoms with Gasteiger partial charge in [-0.25, -0.2) is 0 Å². The molecule has 6 nitrogen and oxygen atoms in total. The molecule has 1 saturated carbocycles. The summed E-state index contributed by atoms with van der Waals surface area (Å²) in [5.74, 6) is -0.252. The Morgan fingerprint density at radius 3 is 2.40 bits per heavy atom. The van der Waals surface area contributed by atoms with Crippen LogP contribution in [0.5, 0.6) is 0 Å². The van der Waals surface area contributed by atoms with Gasteiger partial charge in [0, 0.05) is 19.4 Å². The van der Waals surface area contributed by atoms with Crippen LogP contribution in [0, 0.1) is 5.92 Å². The Hall–Kier alpha value is -2.46. The predicted octanol–water partition coefficient (Wildman–Crippen LogP) is 3.83. The lowest BCUT2D eigenvalue weighted by Gasteiger charge is -2.44. The van der Waals surface area contributed by atoms with Crippen LogP contribution in [-0.4, -0.2) is 46.6 Å². The average molecular weight is 496 g/mol. The van der Waals surface area contributed by atoms with E-state index in [2.05, 4.69) is 5.32 Å². The Morgan fingerprint density at radius 1 is 1.06 bits per heavy atom. The van der Waals surface area contributed by atoms with Gasteiger partial charge in [0.15, 0.2) is 5.60 Å². The SMILES string of the molecule is CC(C)CNC(=O)[C@@]1(OCc2ccccc2)CC(OCc2cccc(C(F)(F)F)c2)[C@H](O)[C@H](O)C1. The number of carbonyl (C=O) groups excluding carboxylic acids is 1. The summed E-state index contributed by atoms with van der Waals surface area (Å²) in [5.41, 5.74) is -1.21. The molecule has 192 valence electrons. The van der Waals surface area contributed by atoms with E-state index in [4.69, 9.17) is 9.47 Å². The summed E-state index contributed by atoms with van der Waals surface area (Å²) in [6.45, 7) is 4.14. The van der Waals surface area contributed by atoms with E-state index in [9.17, 15) is 28.2 Å². The molecule has 2 aromatic carbocycles. The largest absolute Gasteiger partial charge is 0.416 e. The van der Waals surface area contributed by atoms with E-state index >= 15 is 0 Å². The molecule has 1 aliphatic rings. The summed E-state index contributed by atoms with van der Waals surface area (Å²) in [6.07, 6.45) is -8.39. The highest BCUT2D eigenvalue weighted by molar-refractivity contribution is 5.85. The molecule has 4 atom stereocenters. The van der Waals surface area contributed by atoms with E-state index in [-0.39, 0.29) is 37.5 Å². The number of aliphatic hydroxyl groups excluding tert-OH is 2. The Morgan fingerprint density at radius 2 is 1.74 bits per heavy atom. The fourth-order valence-electron chi connectivity index (χ4n) is 4.06. The molecule has 0 radical (unpaired) electrons. The number of carbonyl (C=O) groups is 1. The van der Waals surface area contributed by atoms with E-state index in [1.165, 1.54) is 12.1 Å². The smallest absolute Gasteiger partial charge is 0.390 e. The van der Waals surface area contributed by atoms with Gasteiger partial charge in [-0.15, -0.1) is 0 Å². The minimum absolute atomic E-state index is 0.0685. The van der Waals surface area contributed by atoms with E-state index in [0.29, 0.717) is 6.54 Å². The molecular formula is C26H32F3NO5. The van der Waals surface area contributed by atoms with Crippen molar-refractivity contribution in [3.63, 3.8) is 0 Å². The lowest BCUT2D eigenvalue weighted by molar-refractivity contribution is -0.200. The van der Waals surface area contributed by atoms with Crippen LogP contribution in [0.15, 0.2) is 54.6 Å². The number of hydrogen-bond donors (Lipinski definition) is 3. The van der Waals surface area contributed by atoms with Crippen LogP contribution in [0.2, 0.25) is 0 Å². The number of aliphatic hydroxyl groups is 2. The zero-order valence-corrected chi connectivity index (χ0v) is 19.8. The first-order chi connectivity index (χ1) is 16.5. The quantitative estimate of drug-likeness (QED) is 0.492. The van der Waals surface area contributed by atoms with Gasteiger partial charge in [-0.1, -0.05) is 56.3 Å². The molecule has 0 aromatic heterocycles. The summed E-state index contributed by atoms with van der Waals surface area (Å²) in [6, 6.07) is 13.9. The number of hydrogen-bond acceptors (Lipinski definition) is 5. The maximum absolute atomic E-state index is 13.3. The van der Waals surface area contributed by atoms with Gasteiger partial charge in [0.25, 0.3) is 5.91 Å². The summed E-state index contributed by atoms with van der Waals surface area (Å²) in [5, 5.41) is 24.0. The highest BCUT2D eigenvalue weighted by atomic mass is 19.4. The third-order valence-electron chi connectivity index (χ3n) is 6.01. The normalized spacial score (nSPS) is 25.0. The molecular weight excluding hydrogens is 463 g/mol. The number of ether oxygens (including phenoxy) is 2. The molecule has 3 rings (SSSR count). The van der Waals surface area contributed by atoms with Crippen molar-refractivity contribution >= 4 is 5.91 Å². The molecule has 1 amide bonds. The van der Waals surface area contributed by atoms with Gasteiger partial charge in [0.05, 0.1) is 31.0 Å². The molecule has 0 saturated heterocycles. The summed E-state index contributed by atoms with van der Waals surface area (Å²) >= 11 is 0. The predicted molar refractivity (Wildman–Crippen MR) is 123 cm³/mol. The molecule has 0 heterocycles. The maximum atomic E-state index is 13.3. The van der Waals surface area contributed by atoms with Crippen molar-refractivity contribution in [1.82, 2.24) is 5.32 Å². The first-order valence-corrected chi connectivity index (χ1v) is 11.6. The van der Waals surface area contributed by atoms with Crippen molar-refractivity contribution in [2.24, 2.45) is 5.92 Å². The number of nitrogens with one attached hydrogen (secondary N) is 1. The first kappa shape index (κ1) is 27.1. The molecule has 0 aliphatic heterocycles. The topological polar surface area (TPSA) is 88.0 Å². The number of rotatable bonds is 9. The van der Waals surface area contributed by atoms with Gasteiger partial charge >= 0.3 is 6.18 Å². The second kappa shape index (κ2) is 11.5. The fourth-order valence-corrected chi connectivity index (χ4v) is 4.06. The second-order valence-electron chi connectivity index (χ2n) is 9.39. The Labute approximate surface area is 203 Å². The minimum atomic E-state index is -4.49. The molecule has 2 aromatic rings. The fraction of sp³-hybridized carbons (Fsp3) is 0.500. The van der Waals surface area contributed by atoms with Crippen LogP contribution in [0.1, 0.15) is 43.4 Å². The minimum Gasteiger partial charge on any atom is -0.390 e. The second-order valence-corrected chi connectivity index (χ2v) is 9.39. The monoisotopic (exact) mass is 495 g/mol. The van der Waals surface area contributed by atoms with Gasteiger partial charge < -0.3 is 25.0 Å². The Balaban J connectivity index is 1.79. The lowest BCUT2D eigenvalue weighted by Crippen LogP contribution is -2.60. The van der Waals surface area contributed by atoms with Crippen LogP contribution >= 0.6 is 0 Å². The highest BCUT2D eigenvalue weighted by Gasteiger charge is 2.51. The van der Waals surface area contributed by atoms with E-state index in [1.807, 2.05) is 44.2 Å². The number of alkyl halides is 3. The first-order valence-electron chi connectivity index (χ1n) is 11.6. The van der Waals surface area contributed by atoms with Crippen LogP contribution in [0.25, 0.3) is 0 Å². The number of halogens is 3. The van der Waals surface area contributed by atoms with Crippen molar-refractivity contribution in [2.45, 2.75) is 70.0 Å². The van der Waals surface area contributed by atoms with Gasteiger partial charge in [-0.3, -0.25) is 4.79 Å². The molecule has 0 bridgehead atoms. The maximum Gasteiger partial charge on any atom is 0.416 e. The Bertz CT molecular complexity index is 969. The molecule has 9 heteroatoms.